The predicted molar refractivity (Wildman–Crippen MR) is 61.7 cm³/mol. The molecule has 0 radical (unpaired) electrons. The van der Waals surface area contributed by atoms with Crippen LogP contribution in [-0.2, 0) is 0 Å². The average Bonchev–Trinajstić information content (AvgIpc) is 2.20. The van der Waals surface area contributed by atoms with Gasteiger partial charge in [-0.05, 0) is 18.9 Å². The van der Waals surface area contributed by atoms with Gasteiger partial charge in [0.1, 0.15) is 5.75 Å². The lowest BCUT2D eigenvalue weighted by Gasteiger charge is -2.04. The van der Waals surface area contributed by atoms with Crippen LogP contribution in [0.1, 0.15) is 32.3 Å². The highest BCUT2D eigenvalue weighted by molar-refractivity contribution is 6.32. The molecule has 2 heteroatoms. The van der Waals surface area contributed by atoms with E-state index in [4.69, 9.17) is 11.6 Å². The highest BCUT2D eigenvalue weighted by Gasteiger charge is 2.02. The lowest BCUT2D eigenvalue weighted by atomic mass is 10.1. The molecule has 0 aromatic heterocycles. The second-order valence-corrected chi connectivity index (χ2v) is 3.59. The first-order valence-corrected chi connectivity index (χ1v) is 5.23. The molecule has 0 bridgehead atoms. The molecule has 1 N–H and O–H groups in total. The number of rotatable bonds is 3. The third-order valence-electron chi connectivity index (χ3n) is 2.29. The van der Waals surface area contributed by atoms with E-state index in [-0.39, 0.29) is 5.75 Å². The van der Waals surface area contributed by atoms with Crippen LogP contribution in [0.3, 0.4) is 0 Å². The second-order valence-electron chi connectivity index (χ2n) is 3.19. The van der Waals surface area contributed by atoms with Crippen LogP contribution in [0.15, 0.2) is 23.8 Å². The first kappa shape index (κ1) is 11.1. The topological polar surface area (TPSA) is 20.2 Å². The third kappa shape index (κ3) is 2.52. The van der Waals surface area contributed by atoms with E-state index in [0.29, 0.717) is 5.02 Å². The van der Waals surface area contributed by atoms with Crippen LogP contribution in [-0.4, -0.2) is 5.11 Å². The average molecular weight is 211 g/mol. The highest BCUT2D eigenvalue weighted by atomic mass is 35.5. The van der Waals surface area contributed by atoms with E-state index in [2.05, 4.69) is 13.8 Å². The first-order chi connectivity index (χ1) is 6.69. The van der Waals surface area contributed by atoms with Crippen molar-refractivity contribution in [1.29, 1.82) is 0 Å². The van der Waals surface area contributed by atoms with Crippen LogP contribution in [0, 0.1) is 0 Å². The van der Waals surface area contributed by atoms with Gasteiger partial charge in [0.2, 0.25) is 0 Å². The first-order valence-electron chi connectivity index (χ1n) is 4.86. The van der Waals surface area contributed by atoms with Crippen molar-refractivity contribution < 1.29 is 5.11 Å². The number of benzene rings is 1. The number of aromatic hydroxyl groups is 1. The van der Waals surface area contributed by atoms with Crippen LogP contribution in [0.2, 0.25) is 5.02 Å². The lowest BCUT2D eigenvalue weighted by Crippen LogP contribution is -1.81. The van der Waals surface area contributed by atoms with Gasteiger partial charge in [0.05, 0.1) is 5.02 Å². The summed E-state index contributed by atoms with van der Waals surface area (Å²) >= 11 is 5.80. The summed E-state index contributed by atoms with van der Waals surface area (Å²) in [4.78, 5) is 0. The zero-order chi connectivity index (χ0) is 10.6. The normalized spacial score (nSPS) is 9.93. The predicted octanol–water partition coefficient (Wildman–Crippen LogP) is 4.25. The Morgan fingerprint density at radius 2 is 2.00 bits per heavy atom. The van der Waals surface area contributed by atoms with Crippen molar-refractivity contribution in [1.82, 2.24) is 0 Å². The Bertz CT molecular complexity index is 336. The summed E-state index contributed by atoms with van der Waals surface area (Å²) < 4.78 is 0. The van der Waals surface area contributed by atoms with Gasteiger partial charge < -0.3 is 5.11 Å². The number of para-hydroxylation sites is 1. The van der Waals surface area contributed by atoms with Crippen molar-refractivity contribution in [3.8, 4) is 5.75 Å². The lowest BCUT2D eigenvalue weighted by molar-refractivity contribution is 0.474. The Morgan fingerprint density at radius 3 is 2.57 bits per heavy atom. The van der Waals surface area contributed by atoms with E-state index in [1.54, 1.807) is 6.07 Å². The summed E-state index contributed by atoms with van der Waals surface area (Å²) in [5.74, 6) is 0.175. The molecule has 0 heterocycles. The molecule has 1 aromatic rings. The fourth-order valence-electron chi connectivity index (χ4n) is 1.32. The third-order valence-corrected chi connectivity index (χ3v) is 2.59. The molecule has 14 heavy (non-hydrogen) atoms. The monoisotopic (exact) mass is 210 g/mol. The molecule has 0 fully saturated rings. The van der Waals surface area contributed by atoms with Gasteiger partial charge in [-0.2, -0.15) is 0 Å². The van der Waals surface area contributed by atoms with Gasteiger partial charge in [0, 0.05) is 5.56 Å². The van der Waals surface area contributed by atoms with E-state index in [1.807, 2.05) is 18.2 Å². The van der Waals surface area contributed by atoms with Gasteiger partial charge in [0.25, 0.3) is 0 Å². The molecule has 76 valence electrons. The van der Waals surface area contributed by atoms with Crippen LogP contribution in [0.5, 0.6) is 5.75 Å². The zero-order valence-electron chi connectivity index (χ0n) is 8.55. The van der Waals surface area contributed by atoms with Crippen molar-refractivity contribution in [2.24, 2.45) is 0 Å². The standard InChI is InChI=1S/C12H15ClO/c1-3-9(4-2)8-10-6-5-7-11(13)12(10)14/h5-8,14H,3-4H2,1-2H3. The number of hydrogen-bond acceptors (Lipinski definition) is 1. The quantitative estimate of drug-likeness (QED) is 0.791. The number of hydrogen-bond donors (Lipinski definition) is 1. The summed E-state index contributed by atoms with van der Waals surface area (Å²) in [6.07, 6.45) is 4.01. The Kier molecular flexibility index (Phi) is 4.02. The fraction of sp³-hybridized carbons (Fsp3) is 0.333. The van der Waals surface area contributed by atoms with Crippen LogP contribution >= 0.6 is 11.6 Å². The number of allylic oxidation sites excluding steroid dienone is 1. The highest BCUT2D eigenvalue weighted by Crippen LogP contribution is 2.29. The van der Waals surface area contributed by atoms with E-state index >= 15 is 0 Å². The van der Waals surface area contributed by atoms with Crippen molar-refractivity contribution in [3.63, 3.8) is 0 Å². The van der Waals surface area contributed by atoms with Gasteiger partial charge >= 0.3 is 0 Å². The molecule has 0 saturated carbocycles. The minimum atomic E-state index is 0.175. The van der Waals surface area contributed by atoms with Crippen molar-refractivity contribution in [2.45, 2.75) is 26.7 Å². The summed E-state index contributed by atoms with van der Waals surface area (Å²) in [5.41, 5.74) is 2.11. The molecule has 1 nitrogen and oxygen atoms in total. The number of halogens is 1. The molecule has 0 amide bonds. The van der Waals surface area contributed by atoms with Gasteiger partial charge in [-0.25, -0.2) is 0 Å². The summed E-state index contributed by atoms with van der Waals surface area (Å²) in [6.45, 7) is 4.22. The smallest absolute Gasteiger partial charge is 0.141 e. The molecule has 0 unspecified atom stereocenters. The maximum absolute atomic E-state index is 9.66. The number of phenolic OH excluding ortho intramolecular Hbond substituents is 1. The fourth-order valence-corrected chi connectivity index (χ4v) is 1.50. The molecule has 0 aliphatic carbocycles. The number of phenols is 1. The molecular weight excluding hydrogens is 196 g/mol. The van der Waals surface area contributed by atoms with Gasteiger partial charge in [0.15, 0.2) is 0 Å². The van der Waals surface area contributed by atoms with Gasteiger partial charge in [-0.15, -0.1) is 0 Å². The molecule has 0 saturated heterocycles. The Morgan fingerprint density at radius 1 is 1.36 bits per heavy atom. The summed E-state index contributed by atoms with van der Waals surface area (Å²) in [5, 5.41) is 10.1. The Balaban J connectivity index is 3.07. The maximum Gasteiger partial charge on any atom is 0.141 e. The van der Waals surface area contributed by atoms with E-state index in [9.17, 15) is 5.11 Å². The molecule has 1 aromatic carbocycles. The Labute approximate surface area is 90.0 Å². The molecule has 0 aliphatic rings. The molecule has 0 atom stereocenters. The molecule has 0 spiro atoms. The summed E-state index contributed by atoms with van der Waals surface area (Å²) in [6, 6.07) is 5.40. The van der Waals surface area contributed by atoms with Crippen molar-refractivity contribution in [3.05, 3.63) is 34.4 Å². The van der Waals surface area contributed by atoms with Crippen LogP contribution < -0.4 is 0 Å². The summed E-state index contributed by atoms with van der Waals surface area (Å²) in [7, 11) is 0. The maximum atomic E-state index is 9.66. The van der Waals surface area contributed by atoms with Gasteiger partial charge in [-0.3, -0.25) is 0 Å². The Hall–Kier alpha value is -0.950. The second kappa shape index (κ2) is 5.06. The van der Waals surface area contributed by atoms with Crippen molar-refractivity contribution >= 4 is 17.7 Å². The van der Waals surface area contributed by atoms with Crippen LogP contribution in [0.25, 0.3) is 6.08 Å². The van der Waals surface area contributed by atoms with Crippen LogP contribution in [0.4, 0.5) is 0 Å². The van der Waals surface area contributed by atoms with Gasteiger partial charge in [-0.1, -0.05) is 49.2 Å². The SMILES string of the molecule is CCC(=Cc1cccc(Cl)c1O)CC. The zero-order valence-corrected chi connectivity index (χ0v) is 9.30. The minimum absolute atomic E-state index is 0.175. The molecule has 1 rings (SSSR count). The van der Waals surface area contributed by atoms with Crippen molar-refractivity contribution in [2.75, 3.05) is 0 Å². The van der Waals surface area contributed by atoms with E-state index in [1.165, 1.54) is 5.57 Å². The molecule has 0 aliphatic heterocycles. The minimum Gasteiger partial charge on any atom is -0.506 e. The van der Waals surface area contributed by atoms with E-state index < -0.39 is 0 Å². The van der Waals surface area contributed by atoms with E-state index in [0.717, 1.165) is 18.4 Å². The molecular formula is C12H15ClO. The largest absolute Gasteiger partial charge is 0.506 e.